The van der Waals surface area contributed by atoms with E-state index in [9.17, 15) is 14.7 Å². The monoisotopic (exact) mass is 113 g/mol. The summed E-state index contributed by atoms with van der Waals surface area (Å²) in [5.74, 6) is -2.07. The van der Waals surface area contributed by atoms with Crippen LogP contribution >= 0.6 is 0 Å². The van der Waals surface area contributed by atoms with E-state index >= 15 is 0 Å². The Balaban J connectivity index is 4.05. The number of carbonyl (C=O) groups is 2. The van der Waals surface area contributed by atoms with Crippen LogP contribution in [0.25, 0.3) is 0 Å². The third kappa shape index (κ3) is 1.55. The Morgan fingerprint density at radius 2 is 1.88 bits per heavy atom. The minimum absolute atomic E-state index is 0.481. The van der Waals surface area contributed by atoms with Crippen LogP contribution in [-0.2, 0) is 9.59 Å². The zero-order valence-corrected chi connectivity index (χ0v) is 4.43. The van der Waals surface area contributed by atoms with Gasteiger partial charge < -0.3 is 9.90 Å². The van der Waals surface area contributed by atoms with Gasteiger partial charge in [0.1, 0.15) is 0 Å². The molecule has 3 nitrogen and oxygen atoms in total. The van der Waals surface area contributed by atoms with Crippen LogP contribution in [0.1, 0.15) is 6.92 Å². The fraction of sp³-hybridized carbons (Fsp3) is 0.200. The highest BCUT2D eigenvalue weighted by Crippen LogP contribution is 1.86. The van der Waals surface area contributed by atoms with Crippen molar-refractivity contribution in [3.05, 3.63) is 12.2 Å². The van der Waals surface area contributed by atoms with Crippen LogP contribution in [0.4, 0.5) is 0 Å². The standard InChI is InChI=1S/C5H6O3/c1-3(4(2)6)5(7)8/h1H2,2H3,(H,7,8)/p-1. The van der Waals surface area contributed by atoms with Crippen LogP contribution in [0, 0.1) is 0 Å². The summed E-state index contributed by atoms with van der Waals surface area (Å²) in [7, 11) is 0. The Kier molecular flexibility index (Phi) is 1.94. The van der Waals surface area contributed by atoms with E-state index in [0.29, 0.717) is 0 Å². The van der Waals surface area contributed by atoms with Gasteiger partial charge in [-0.2, -0.15) is 0 Å². The number of ketones is 1. The second kappa shape index (κ2) is 2.26. The minimum atomic E-state index is -1.50. The number of carboxylic acids is 1. The van der Waals surface area contributed by atoms with Crippen molar-refractivity contribution >= 4 is 11.8 Å². The van der Waals surface area contributed by atoms with Gasteiger partial charge in [-0.1, -0.05) is 6.58 Å². The Labute approximate surface area is 46.6 Å². The lowest BCUT2D eigenvalue weighted by atomic mass is 10.2. The zero-order valence-electron chi connectivity index (χ0n) is 4.43. The number of Topliss-reactive ketones (excluding diaryl/α,β-unsaturated/α-hetero) is 1. The molecule has 0 saturated heterocycles. The summed E-state index contributed by atoms with van der Waals surface area (Å²) in [5.41, 5.74) is -0.481. The Bertz CT molecular complexity index is 130. The molecular formula is C5H5O3-. The summed E-state index contributed by atoms with van der Waals surface area (Å²) in [4.78, 5) is 19.8. The van der Waals surface area contributed by atoms with E-state index in [2.05, 4.69) is 6.58 Å². The average molecular weight is 113 g/mol. The molecule has 0 atom stereocenters. The maximum atomic E-state index is 10.1. The lowest BCUT2D eigenvalue weighted by Gasteiger charge is -1.98. The fourth-order valence-corrected chi connectivity index (χ4v) is 0.144. The van der Waals surface area contributed by atoms with Crippen LogP contribution in [0.15, 0.2) is 12.2 Å². The van der Waals surface area contributed by atoms with Crippen molar-refractivity contribution in [3.8, 4) is 0 Å². The largest absolute Gasteiger partial charge is 0.545 e. The molecule has 0 aromatic carbocycles. The number of hydrogen-bond donors (Lipinski definition) is 0. The van der Waals surface area contributed by atoms with E-state index in [1.807, 2.05) is 0 Å². The first-order valence-electron chi connectivity index (χ1n) is 1.97. The summed E-state index contributed by atoms with van der Waals surface area (Å²) in [6.07, 6.45) is 0. The molecule has 0 rings (SSSR count). The van der Waals surface area contributed by atoms with Crippen molar-refractivity contribution in [1.29, 1.82) is 0 Å². The van der Waals surface area contributed by atoms with Crippen LogP contribution in [0.3, 0.4) is 0 Å². The van der Waals surface area contributed by atoms with Crippen molar-refractivity contribution in [3.63, 3.8) is 0 Å². The summed E-state index contributed by atoms with van der Waals surface area (Å²) in [6, 6.07) is 0. The molecule has 8 heavy (non-hydrogen) atoms. The first-order chi connectivity index (χ1) is 3.55. The van der Waals surface area contributed by atoms with Crippen molar-refractivity contribution in [2.45, 2.75) is 6.92 Å². The molecule has 0 unspecified atom stereocenters. The molecule has 0 bridgehead atoms. The molecule has 0 aromatic heterocycles. The summed E-state index contributed by atoms with van der Waals surface area (Å²) in [5, 5.41) is 9.71. The number of carbonyl (C=O) groups excluding carboxylic acids is 2. The quantitative estimate of drug-likeness (QED) is 0.259. The van der Waals surface area contributed by atoms with Gasteiger partial charge in [0.15, 0.2) is 5.78 Å². The molecule has 0 heterocycles. The van der Waals surface area contributed by atoms with Crippen LogP contribution in [0.5, 0.6) is 0 Å². The second-order valence-corrected chi connectivity index (χ2v) is 1.32. The van der Waals surface area contributed by atoms with E-state index in [4.69, 9.17) is 0 Å². The summed E-state index contributed by atoms with van der Waals surface area (Å²) < 4.78 is 0. The minimum Gasteiger partial charge on any atom is -0.545 e. The Hall–Kier alpha value is -1.12. The number of aliphatic carboxylic acids is 1. The fourth-order valence-electron chi connectivity index (χ4n) is 0.144. The SMILES string of the molecule is C=C(C(C)=O)C(=O)[O-]. The van der Waals surface area contributed by atoms with Crippen LogP contribution < -0.4 is 5.11 Å². The topological polar surface area (TPSA) is 57.2 Å². The van der Waals surface area contributed by atoms with Crippen molar-refractivity contribution in [1.82, 2.24) is 0 Å². The van der Waals surface area contributed by atoms with Gasteiger partial charge in [-0.05, 0) is 6.92 Å². The highest BCUT2D eigenvalue weighted by molar-refractivity contribution is 6.14. The van der Waals surface area contributed by atoms with E-state index in [0.717, 1.165) is 6.92 Å². The molecule has 0 aromatic rings. The molecule has 0 saturated carbocycles. The molecule has 0 aliphatic carbocycles. The number of carboxylic acid groups (broad SMARTS) is 1. The Morgan fingerprint density at radius 3 is 1.88 bits per heavy atom. The summed E-state index contributed by atoms with van der Waals surface area (Å²) >= 11 is 0. The molecule has 0 amide bonds. The third-order valence-corrected chi connectivity index (χ3v) is 0.671. The molecule has 0 aliphatic heterocycles. The predicted molar refractivity (Wildman–Crippen MR) is 24.8 cm³/mol. The molecule has 3 heteroatoms. The van der Waals surface area contributed by atoms with Gasteiger partial charge in [0, 0.05) is 5.57 Å². The van der Waals surface area contributed by atoms with Crippen LogP contribution in [0.2, 0.25) is 0 Å². The molecule has 0 radical (unpaired) electrons. The molecule has 0 spiro atoms. The summed E-state index contributed by atoms with van der Waals surface area (Å²) in [6.45, 7) is 4.07. The van der Waals surface area contributed by atoms with Crippen LogP contribution in [-0.4, -0.2) is 11.8 Å². The van der Waals surface area contributed by atoms with Gasteiger partial charge in [-0.3, -0.25) is 4.79 Å². The maximum absolute atomic E-state index is 10.1. The zero-order chi connectivity index (χ0) is 6.73. The third-order valence-electron chi connectivity index (χ3n) is 0.671. The number of rotatable bonds is 2. The van der Waals surface area contributed by atoms with Gasteiger partial charge in [0.2, 0.25) is 0 Å². The van der Waals surface area contributed by atoms with Crippen molar-refractivity contribution < 1.29 is 14.7 Å². The van der Waals surface area contributed by atoms with Gasteiger partial charge in [0.25, 0.3) is 0 Å². The van der Waals surface area contributed by atoms with Gasteiger partial charge in [-0.25, -0.2) is 0 Å². The Morgan fingerprint density at radius 1 is 1.50 bits per heavy atom. The maximum Gasteiger partial charge on any atom is 0.161 e. The second-order valence-electron chi connectivity index (χ2n) is 1.32. The highest BCUT2D eigenvalue weighted by atomic mass is 16.4. The molecule has 44 valence electrons. The molecule has 0 fully saturated rings. The van der Waals surface area contributed by atoms with Crippen molar-refractivity contribution in [2.75, 3.05) is 0 Å². The highest BCUT2D eigenvalue weighted by Gasteiger charge is 1.97. The van der Waals surface area contributed by atoms with Gasteiger partial charge in [0.05, 0.1) is 5.97 Å². The first-order valence-corrected chi connectivity index (χ1v) is 1.97. The molecular weight excluding hydrogens is 108 g/mol. The smallest absolute Gasteiger partial charge is 0.161 e. The molecule has 0 N–H and O–H groups in total. The van der Waals surface area contributed by atoms with Crippen molar-refractivity contribution in [2.24, 2.45) is 0 Å². The molecule has 0 aliphatic rings. The van der Waals surface area contributed by atoms with E-state index in [-0.39, 0.29) is 0 Å². The van der Waals surface area contributed by atoms with Gasteiger partial charge in [-0.15, -0.1) is 0 Å². The lowest BCUT2D eigenvalue weighted by Crippen LogP contribution is -2.26. The van der Waals surface area contributed by atoms with Gasteiger partial charge >= 0.3 is 0 Å². The normalized spacial score (nSPS) is 8.12. The average Bonchev–Trinajstić information content (AvgIpc) is 1.64. The number of hydrogen-bond acceptors (Lipinski definition) is 3. The lowest BCUT2D eigenvalue weighted by molar-refractivity contribution is -0.298. The van der Waals surface area contributed by atoms with E-state index < -0.39 is 17.3 Å². The predicted octanol–water partition coefficient (Wildman–Crippen LogP) is -1.12. The first kappa shape index (κ1) is 6.88. The van der Waals surface area contributed by atoms with E-state index in [1.165, 1.54) is 0 Å². The van der Waals surface area contributed by atoms with E-state index in [1.54, 1.807) is 0 Å².